The smallest absolute Gasteiger partial charge is 0.137 e. The van der Waals surface area contributed by atoms with Crippen LogP contribution >= 0.6 is 0 Å². The van der Waals surface area contributed by atoms with Gasteiger partial charge >= 0.3 is 0 Å². The molecule has 2 aromatic heterocycles. The number of fused-ring (bicyclic) bond motifs is 1. The van der Waals surface area contributed by atoms with Crippen LogP contribution in [0.5, 0.6) is 0 Å². The Kier molecular flexibility index (Phi) is 4.32. The van der Waals surface area contributed by atoms with Gasteiger partial charge in [0, 0.05) is 30.9 Å². The maximum absolute atomic E-state index is 4.95. The Hall–Kier alpha value is -2.17. The third-order valence-electron chi connectivity index (χ3n) is 4.79. The van der Waals surface area contributed by atoms with Crippen molar-refractivity contribution < 1.29 is 0 Å². The molecule has 1 N–H and O–H groups in total. The molecule has 0 bridgehead atoms. The van der Waals surface area contributed by atoms with Crippen LogP contribution in [0.25, 0.3) is 16.9 Å². The summed E-state index contributed by atoms with van der Waals surface area (Å²) in [5.41, 5.74) is 5.89. The van der Waals surface area contributed by atoms with Gasteiger partial charge in [0.2, 0.25) is 0 Å². The van der Waals surface area contributed by atoms with Crippen LogP contribution in [0.15, 0.2) is 48.5 Å². The highest BCUT2D eigenvalue weighted by atomic mass is 15.2. The normalized spacial score (nSPS) is 16.4. The first-order valence-corrected chi connectivity index (χ1v) is 8.78. The van der Waals surface area contributed by atoms with Crippen molar-refractivity contribution in [1.29, 1.82) is 0 Å². The van der Waals surface area contributed by atoms with Crippen LogP contribution in [-0.4, -0.2) is 40.5 Å². The molecule has 0 atom stereocenters. The minimum atomic E-state index is 0.942. The van der Waals surface area contributed by atoms with E-state index >= 15 is 0 Å². The van der Waals surface area contributed by atoms with Gasteiger partial charge in [-0.3, -0.25) is 9.30 Å². The van der Waals surface area contributed by atoms with Gasteiger partial charge in [-0.15, -0.1) is 0 Å². The standard InChI is InChI=1S/C20H24N4/c1-16-7-5-10-19-22-20(17-8-3-2-4-9-17)18(24(16)19)15-23-13-6-11-21-12-14-23/h2-5,7-10,21H,6,11-15H2,1H3. The van der Waals surface area contributed by atoms with E-state index in [0.717, 1.165) is 44.1 Å². The van der Waals surface area contributed by atoms with Crippen LogP contribution in [-0.2, 0) is 6.54 Å². The second-order valence-electron chi connectivity index (χ2n) is 6.51. The van der Waals surface area contributed by atoms with Gasteiger partial charge in [0.05, 0.1) is 11.4 Å². The topological polar surface area (TPSA) is 32.6 Å². The molecular weight excluding hydrogens is 296 g/mol. The molecule has 3 aromatic rings. The van der Waals surface area contributed by atoms with Crippen LogP contribution in [0.4, 0.5) is 0 Å². The van der Waals surface area contributed by atoms with Crippen molar-refractivity contribution in [1.82, 2.24) is 19.6 Å². The summed E-state index contributed by atoms with van der Waals surface area (Å²) in [5, 5.41) is 3.49. The lowest BCUT2D eigenvalue weighted by atomic mass is 10.1. The van der Waals surface area contributed by atoms with E-state index in [0.29, 0.717) is 0 Å². The highest BCUT2D eigenvalue weighted by Gasteiger charge is 2.18. The van der Waals surface area contributed by atoms with Crippen molar-refractivity contribution in [3.63, 3.8) is 0 Å². The molecule has 0 amide bonds. The molecule has 124 valence electrons. The van der Waals surface area contributed by atoms with Crippen LogP contribution in [0.1, 0.15) is 17.8 Å². The van der Waals surface area contributed by atoms with Gasteiger partial charge in [-0.25, -0.2) is 4.98 Å². The van der Waals surface area contributed by atoms with E-state index in [1.54, 1.807) is 0 Å². The fourth-order valence-electron chi connectivity index (χ4n) is 3.57. The number of rotatable bonds is 3. The molecule has 0 unspecified atom stereocenters. The summed E-state index contributed by atoms with van der Waals surface area (Å²) >= 11 is 0. The Labute approximate surface area is 143 Å². The lowest BCUT2D eigenvalue weighted by Crippen LogP contribution is -2.28. The zero-order valence-corrected chi connectivity index (χ0v) is 14.2. The summed E-state index contributed by atoms with van der Waals surface area (Å²) in [7, 11) is 0. The highest BCUT2D eigenvalue weighted by molar-refractivity contribution is 5.66. The van der Waals surface area contributed by atoms with Gasteiger partial charge in [0.1, 0.15) is 5.65 Å². The summed E-state index contributed by atoms with van der Waals surface area (Å²) < 4.78 is 2.32. The number of nitrogens with zero attached hydrogens (tertiary/aromatic N) is 3. The second kappa shape index (κ2) is 6.75. The summed E-state index contributed by atoms with van der Waals surface area (Å²) in [5.74, 6) is 0. The van der Waals surface area contributed by atoms with Crippen molar-refractivity contribution >= 4 is 5.65 Å². The van der Waals surface area contributed by atoms with Crippen molar-refractivity contribution in [2.45, 2.75) is 19.9 Å². The first-order chi connectivity index (χ1) is 11.8. The van der Waals surface area contributed by atoms with Gasteiger partial charge in [-0.2, -0.15) is 0 Å². The van der Waals surface area contributed by atoms with Crippen molar-refractivity contribution in [2.75, 3.05) is 26.2 Å². The maximum atomic E-state index is 4.95. The fraction of sp³-hybridized carbons (Fsp3) is 0.350. The molecule has 0 radical (unpaired) electrons. The van der Waals surface area contributed by atoms with E-state index < -0.39 is 0 Å². The Balaban J connectivity index is 1.81. The number of pyridine rings is 1. The van der Waals surface area contributed by atoms with Gasteiger partial charge < -0.3 is 5.32 Å². The van der Waals surface area contributed by atoms with Crippen LogP contribution in [0, 0.1) is 6.92 Å². The largest absolute Gasteiger partial charge is 0.315 e. The molecule has 1 fully saturated rings. The molecule has 1 saturated heterocycles. The molecule has 24 heavy (non-hydrogen) atoms. The zero-order chi connectivity index (χ0) is 16.4. The maximum Gasteiger partial charge on any atom is 0.137 e. The average molecular weight is 320 g/mol. The number of aromatic nitrogens is 2. The first kappa shape index (κ1) is 15.4. The number of hydrogen-bond donors (Lipinski definition) is 1. The summed E-state index contributed by atoms with van der Waals surface area (Å²) in [6, 6.07) is 16.9. The highest BCUT2D eigenvalue weighted by Crippen LogP contribution is 2.26. The molecule has 0 spiro atoms. The molecule has 0 aliphatic carbocycles. The van der Waals surface area contributed by atoms with E-state index in [1.165, 1.54) is 23.4 Å². The van der Waals surface area contributed by atoms with Crippen LogP contribution in [0.2, 0.25) is 0 Å². The van der Waals surface area contributed by atoms with E-state index in [1.807, 2.05) is 0 Å². The Bertz CT molecular complexity index is 814. The third kappa shape index (κ3) is 2.95. The second-order valence-corrected chi connectivity index (χ2v) is 6.51. The number of benzene rings is 1. The van der Waals surface area contributed by atoms with Gasteiger partial charge in [-0.1, -0.05) is 36.4 Å². The van der Waals surface area contributed by atoms with Gasteiger partial charge in [-0.05, 0) is 38.6 Å². The molecule has 3 heterocycles. The molecule has 1 aliphatic rings. The van der Waals surface area contributed by atoms with Gasteiger partial charge in [0.25, 0.3) is 0 Å². The number of nitrogens with one attached hydrogen (secondary N) is 1. The molecule has 4 nitrogen and oxygen atoms in total. The van der Waals surface area contributed by atoms with E-state index in [-0.39, 0.29) is 0 Å². The third-order valence-corrected chi connectivity index (χ3v) is 4.79. The minimum Gasteiger partial charge on any atom is -0.315 e. The lowest BCUT2D eigenvalue weighted by Gasteiger charge is -2.20. The van der Waals surface area contributed by atoms with E-state index in [4.69, 9.17) is 4.98 Å². The Morgan fingerprint density at radius 1 is 1.00 bits per heavy atom. The SMILES string of the molecule is Cc1cccc2nc(-c3ccccc3)c(CN3CCCNCC3)n12. The number of imidazole rings is 1. The predicted molar refractivity (Wildman–Crippen MR) is 98.1 cm³/mol. The predicted octanol–water partition coefficient (Wildman–Crippen LogP) is 3.11. The van der Waals surface area contributed by atoms with E-state index in [9.17, 15) is 0 Å². The van der Waals surface area contributed by atoms with E-state index in [2.05, 4.69) is 70.1 Å². The summed E-state index contributed by atoms with van der Waals surface area (Å²) in [6.07, 6.45) is 1.20. The zero-order valence-electron chi connectivity index (χ0n) is 14.2. The molecular formula is C20H24N4. The van der Waals surface area contributed by atoms with Crippen LogP contribution in [0.3, 0.4) is 0 Å². The molecule has 1 aliphatic heterocycles. The minimum absolute atomic E-state index is 0.942. The summed E-state index contributed by atoms with van der Waals surface area (Å²) in [4.78, 5) is 7.50. The summed E-state index contributed by atoms with van der Waals surface area (Å²) in [6.45, 7) is 7.52. The molecule has 0 saturated carbocycles. The van der Waals surface area contributed by atoms with Crippen LogP contribution < -0.4 is 5.32 Å². The number of aryl methyl sites for hydroxylation is 1. The molecule has 4 heteroatoms. The molecule has 1 aromatic carbocycles. The van der Waals surface area contributed by atoms with Crippen molar-refractivity contribution in [2.24, 2.45) is 0 Å². The first-order valence-electron chi connectivity index (χ1n) is 8.78. The average Bonchev–Trinajstić information content (AvgIpc) is 2.78. The number of hydrogen-bond acceptors (Lipinski definition) is 3. The van der Waals surface area contributed by atoms with Gasteiger partial charge in [0.15, 0.2) is 0 Å². The Morgan fingerprint density at radius 2 is 1.88 bits per heavy atom. The quantitative estimate of drug-likeness (QED) is 0.805. The molecule has 4 rings (SSSR count). The fourth-order valence-corrected chi connectivity index (χ4v) is 3.57. The Morgan fingerprint density at radius 3 is 2.75 bits per heavy atom. The van der Waals surface area contributed by atoms with Crippen molar-refractivity contribution in [3.8, 4) is 11.3 Å². The van der Waals surface area contributed by atoms with Crippen molar-refractivity contribution in [3.05, 3.63) is 59.9 Å². The monoisotopic (exact) mass is 320 g/mol. The lowest BCUT2D eigenvalue weighted by molar-refractivity contribution is 0.280.